The van der Waals surface area contributed by atoms with E-state index < -0.39 is 0 Å². The van der Waals surface area contributed by atoms with E-state index in [1.54, 1.807) is 0 Å². The lowest BCUT2D eigenvalue weighted by molar-refractivity contribution is -0.123. The molecule has 0 aliphatic carbocycles. The molecule has 1 aromatic heterocycles. The van der Waals surface area contributed by atoms with Gasteiger partial charge in [0.05, 0.1) is 0 Å². The second kappa shape index (κ2) is 7.45. The summed E-state index contributed by atoms with van der Waals surface area (Å²) in [6.45, 7) is 4.59. The summed E-state index contributed by atoms with van der Waals surface area (Å²) in [6, 6.07) is 15.4. The first kappa shape index (κ1) is 16.5. The van der Waals surface area contributed by atoms with Crippen LogP contribution in [0.4, 0.5) is 5.82 Å². The molecule has 1 aliphatic rings. The molecule has 0 spiro atoms. The number of likely N-dealkylation sites (tertiary alicyclic amines) is 1. The van der Waals surface area contributed by atoms with E-state index in [9.17, 15) is 4.79 Å². The van der Waals surface area contributed by atoms with E-state index >= 15 is 0 Å². The number of benzene rings is 1. The molecule has 1 aromatic carbocycles. The van der Waals surface area contributed by atoms with Crippen molar-refractivity contribution in [3.05, 3.63) is 59.8 Å². The average Bonchev–Trinajstić information content (AvgIpc) is 3.02. The lowest BCUT2D eigenvalue weighted by Crippen LogP contribution is -2.36. The van der Waals surface area contributed by atoms with E-state index in [0.717, 1.165) is 43.1 Å². The van der Waals surface area contributed by atoms with Gasteiger partial charge in [-0.3, -0.25) is 9.69 Å². The lowest BCUT2D eigenvalue weighted by atomic mass is 10.0. The smallest absolute Gasteiger partial charge is 0.239 e. The predicted molar refractivity (Wildman–Crippen MR) is 95.5 cm³/mol. The Morgan fingerprint density at radius 3 is 2.79 bits per heavy atom. The van der Waals surface area contributed by atoms with Gasteiger partial charge in [-0.15, -0.1) is 0 Å². The molecule has 2 heterocycles. The van der Waals surface area contributed by atoms with Crippen LogP contribution < -0.4 is 11.1 Å². The predicted octanol–water partition coefficient (Wildman–Crippen LogP) is 2.35. The highest BCUT2D eigenvalue weighted by atomic mass is 16.1. The number of pyridine rings is 1. The number of aromatic nitrogens is 1. The molecule has 2 atom stereocenters. The molecule has 0 saturated carbocycles. The Balaban J connectivity index is 1.60. The van der Waals surface area contributed by atoms with Crippen molar-refractivity contribution in [1.29, 1.82) is 0 Å². The third-order valence-corrected chi connectivity index (χ3v) is 4.53. The van der Waals surface area contributed by atoms with Gasteiger partial charge in [-0.1, -0.05) is 36.4 Å². The molecule has 1 fully saturated rings. The van der Waals surface area contributed by atoms with Crippen LogP contribution in [0.15, 0.2) is 48.5 Å². The Morgan fingerprint density at radius 1 is 1.29 bits per heavy atom. The molecule has 126 valence electrons. The van der Waals surface area contributed by atoms with Gasteiger partial charge in [-0.2, -0.15) is 0 Å². The summed E-state index contributed by atoms with van der Waals surface area (Å²) in [5, 5.41) is 3.40. The molecule has 5 nitrogen and oxygen atoms in total. The van der Waals surface area contributed by atoms with Crippen LogP contribution in [-0.4, -0.2) is 35.4 Å². The highest BCUT2D eigenvalue weighted by molar-refractivity contribution is 5.81. The minimum Gasteiger partial charge on any atom is -0.370 e. The van der Waals surface area contributed by atoms with Crippen LogP contribution in [0.2, 0.25) is 0 Å². The van der Waals surface area contributed by atoms with Crippen molar-refractivity contribution >= 4 is 11.7 Å². The Kier molecular flexibility index (Phi) is 5.11. The standard InChI is InChI=1S/C19H24N4O/c1-14-6-5-9-17(22-14)21-12-15-10-11-23(13-15)18(19(20)24)16-7-3-2-4-8-16/h2-9,15,18H,10-13H2,1H3,(H2,20,24)(H,21,22)/t15-,18-/m1/s1. The molecule has 0 unspecified atom stereocenters. The molecule has 5 heteroatoms. The highest BCUT2D eigenvalue weighted by Crippen LogP contribution is 2.27. The first-order valence-corrected chi connectivity index (χ1v) is 8.39. The first-order valence-electron chi connectivity index (χ1n) is 8.39. The SMILES string of the molecule is Cc1cccc(NC[C@H]2CCN([C@@H](C(N)=O)c3ccccc3)C2)n1. The maximum absolute atomic E-state index is 12.0. The highest BCUT2D eigenvalue weighted by Gasteiger charge is 2.32. The largest absolute Gasteiger partial charge is 0.370 e. The fourth-order valence-electron chi connectivity index (χ4n) is 3.34. The van der Waals surface area contributed by atoms with E-state index in [-0.39, 0.29) is 11.9 Å². The molecular weight excluding hydrogens is 300 g/mol. The van der Waals surface area contributed by atoms with E-state index in [1.165, 1.54) is 0 Å². The van der Waals surface area contributed by atoms with Crippen molar-refractivity contribution < 1.29 is 4.79 Å². The molecule has 0 bridgehead atoms. The summed E-state index contributed by atoms with van der Waals surface area (Å²) in [7, 11) is 0. The molecular formula is C19H24N4O. The Labute approximate surface area is 142 Å². The Morgan fingerprint density at radius 2 is 2.08 bits per heavy atom. The van der Waals surface area contributed by atoms with E-state index in [1.807, 2.05) is 55.5 Å². The minimum atomic E-state index is -0.340. The van der Waals surface area contributed by atoms with Gasteiger partial charge >= 0.3 is 0 Å². The van der Waals surface area contributed by atoms with E-state index in [2.05, 4.69) is 15.2 Å². The average molecular weight is 324 g/mol. The normalized spacial score (nSPS) is 19.1. The third kappa shape index (κ3) is 3.92. The van der Waals surface area contributed by atoms with Gasteiger partial charge in [0.1, 0.15) is 11.9 Å². The fraction of sp³-hybridized carbons (Fsp3) is 0.368. The van der Waals surface area contributed by atoms with Crippen molar-refractivity contribution in [2.45, 2.75) is 19.4 Å². The number of hydrogen-bond donors (Lipinski definition) is 2. The van der Waals surface area contributed by atoms with Crippen LogP contribution in [0, 0.1) is 12.8 Å². The monoisotopic (exact) mass is 324 g/mol. The Bertz CT molecular complexity index is 689. The molecule has 3 N–H and O–H groups in total. The van der Waals surface area contributed by atoms with Crippen molar-refractivity contribution in [3.8, 4) is 0 Å². The number of rotatable bonds is 6. The van der Waals surface area contributed by atoms with Crippen molar-refractivity contribution in [2.24, 2.45) is 11.7 Å². The lowest BCUT2D eigenvalue weighted by Gasteiger charge is -2.25. The molecule has 2 aromatic rings. The van der Waals surface area contributed by atoms with Gasteiger partial charge in [0.25, 0.3) is 0 Å². The van der Waals surface area contributed by atoms with E-state index in [0.29, 0.717) is 5.92 Å². The molecule has 3 rings (SSSR count). The van der Waals surface area contributed by atoms with E-state index in [4.69, 9.17) is 5.73 Å². The van der Waals surface area contributed by atoms with Crippen LogP contribution in [0.25, 0.3) is 0 Å². The number of nitrogens with one attached hydrogen (secondary N) is 1. The number of carbonyl (C=O) groups excluding carboxylic acids is 1. The zero-order chi connectivity index (χ0) is 16.9. The van der Waals surface area contributed by atoms with Crippen molar-refractivity contribution in [2.75, 3.05) is 25.0 Å². The maximum Gasteiger partial charge on any atom is 0.239 e. The second-order valence-electron chi connectivity index (χ2n) is 6.41. The van der Waals surface area contributed by atoms with Gasteiger partial charge in [0.15, 0.2) is 0 Å². The molecule has 1 saturated heterocycles. The van der Waals surface area contributed by atoms with Crippen LogP contribution in [0.3, 0.4) is 0 Å². The van der Waals surface area contributed by atoms with Gasteiger partial charge in [-0.25, -0.2) is 4.98 Å². The number of amides is 1. The number of hydrogen-bond acceptors (Lipinski definition) is 4. The van der Waals surface area contributed by atoms with Crippen LogP contribution in [-0.2, 0) is 4.79 Å². The number of nitrogens with two attached hydrogens (primary N) is 1. The zero-order valence-electron chi connectivity index (χ0n) is 14.0. The first-order chi connectivity index (χ1) is 11.6. The minimum absolute atomic E-state index is 0.282. The second-order valence-corrected chi connectivity index (χ2v) is 6.41. The maximum atomic E-state index is 12.0. The van der Waals surface area contributed by atoms with Gasteiger partial charge < -0.3 is 11.1 Å². The number of anilines is 1. The summed E-state index contributed by atoms with van der Waals surface area (Å²) in [4.78, 5) is 18.6. The third-order valence-electron chi connectivity index (χ3n) is 4.53. The number of carbonyl (C=O) groups is 1. The van der Waals surface area contributed by atoms with Crippen LogP contribution >= 0.6 is 0 Å². The fourth-order valence-corrected chi connectivity index (χ4v) is 3.34. The zero-order valence-corrected chi connectivity index (χ0v) is 14.0. The molecule has 1 aliphatic heterocycles. The molecule has 24 heavy (non-hydrogen) atoms. The van der Waals surface area contributed by atoms with Crippen molar-refractivity contribution in [1.82, 2.24) is 9.88 Å². The summed E-state index contributed by atoms with van der Waals surface area (Å²) in [5.74, 6) is 1.11. The van der Waals surface area contributed by atoms with Gasteiger partial charge in [0.2, 0.25) is 5.91 Å². The summed E-state index contributed by atoms with van der Waals surface area (Å²) >= 11 is 0. The topological polar surface area (TPSA) is 71.2 Å². The number of nitrogens with zero attached hydrogens (tertiary/aromatic N) is 2. The number of aryl methyl sites for hydroxylation is 1. The number of primary amides is 1. The quantitative estimate of drug-likeness (QED) is 0.855. The summed E-state index contributed by atoms with van der Waals surface area (Å²) in [5.41, 5.74) is 7.65. The Hall–Kier alpha value is -2.40. The summed E-state index contributed by atoms with van der Waals surface area (Å²) in [6.07, 6.45) is 1.05. The van der Waals surface area contributed by atoms with Gasteiger partial charge in [-0.05, 0) is 43.5 Å². The van der Waals surface area contributed by atoms with Crippen LogP contribution in [0.5, 0.6) is 0 Å². The van der Waals surface area contributed by atoms with Gasteiger partial charge in [0, 0.05) is 18.8 Å². The van der Waals surface area contributed by atoms with Crippen molar-refractivity contribution in [3.63, 3.8) is 0 Å². The van der Waals surface area contributed by atoms with Crippen LogP contribution in [0.1, 0.15) is 23.7 Å². The molecule has 0 radical (unpaired) electrons. The summed E-state index contributed by atoms with van der Waals surface area (Å²) < 4.78 is 0. The molecule has 1 amide bonds.